The molecule has 3 rings (SSSR count). The number of nitrogens with zero attached hydrogens (tertiary/aromatic N) is 1. The van der Waals surface area contributed by atoms with E-state index in [1.807, 2.05) is 6.07 Å². The molecule has 2 fully saturated rings. The van der Waals surface area contributed by atoms with E-state index in [2.05, 4.69) is 0 Å². The number of hydrogen-bond donors (Lipinski definition) is 0. The smallest absolute Gasteiger partial charge is 0.234 e. The van der Waals surface area contributed by atoms with E-state index >= 15 is 0 Å². The molecule has 2 aliphatic rings. The van der Waals surface area contributed by atoms with E-state index in [1.54, 1.807) is 18.2 Å². The van der Waals surface area contributed by atoms with Crippen LogP contribution in [0.25, 0.3) is 0 Å². The number of rotatable bonds is 2. The lowest BCUT2D eigenvalue weighted by molar-refractivity contribution is -0.502. The molecular weight excluding hydrogens is 266 g/mol. The first-order chi connectivity index (χ1) is 9.09. The Morgan fingerprint density at radius 3 is 2.68 bits per heavy atom. The first-order valence-corrected chi connectivity index (χ1v) is 6.88. The molecule has 0 N–H and O–H groups in total. The summed E-state index contributed by atoms with van der Waals surface area (Å²) in [4.78, 5) is 23.2. The topological polar surface area (TPSA) is 60.2 Å². The summed E-state index contributed by atoms with van der Waals surface area (Å²) in [6.07, 6.45) is 2.82. The Morgan fingerprint density at radius 2 is 2.05 bits per heavy atom. The molecule has 19 heavy (non-hydrogen) atoms. The van der Waals surface area contributed by atoms with Gasteiger partial charge in [-0.05, 0) is 24.5 Å². The lowest BCUT2D eigenvalue weighted by Crippen LogP contribution is -2.27. The fourth-order valence-corrected chi connectivity index (χ4v) is 3.87. The summed E-state index contributed by atoms with van der Waals surface area (Å²) < 4.78 is 0. The van der Waals surface area contributed by atoms with Gasteiger partial charge in [0.2, 0.25) is 6.04 Å². The lowest BCUT2D eigenvalue weighted by Gasteiger charge is -2.19. The lowest BCUT2D eigenvalue weighted by atomic mass is 9.81. The number of carbonyl (C=O) groups excluding carboxylic acids is 1. The SMILES string of the molecule is O=C1CCCC[C@]12[C@H](c1ccccc1Cl)[C@H]2[N+](=O)[O-]. The van der Waals surface area contributed by atoms with E-state index in [4.69, 9.17) is 11.6 Å². The van der Waals surface area contributed by atoms with Crippen LogP contribution in [0.4, 0.5) is 0 Å². The Hall–Kier alpha value is -1.42. The molecule has 0 heterocycles. The molecule has 3 atom stereocenters. The molecule has 1 aromatic rings. The molecule has 0 unspecified atom stereocenters. The molecule has 2 aliphatic carbocycles. The highest BCUT2D eigenvalue weighted by Crippen LogP contribution is 2.66. The van der Waals surface area contributed by atoms with Crippen LogP contribution in [-0.2, 0) is 4.79 Å². The minimum Gasteiger partial charge on any atom is -0.299 e. The van der Waals surface area contributed by atoms with E-state index < -0.39 is 11.5 Å². The highest BCUT2D eigenvalue weighted by atomic mass is 35.5. The molecule has 0 saturated heterocycles. The van der Waals surface area contributed by atoms with Gasteiger partial charge in [-0.3, -0.25) is 14.9 Å². The van der Waals surface area contributed by atoms with Crippen molar-refractivity contribution < 1.29 is 9.72 Å². The zero-order chi connectivity index (χ0) is 13.6. The van der Waals surface area contributed by atoms with Crippen molar-refractivity contribution in [2.45, 2.75) is 37.6 Å². The van der Waals surface area contributed by atoms with E-state index in [1.165, 1.54) is 0 Å². The van der Waals surface area contributed by atoms with Crippen LogP contribution in [0.1, 0.15) is 37.2 Å². The van der Waals surface area contributed by atoms with Crippen LogP contribution in [0.2, 0.25) is 5.02 Å². The highest BCUT2D eigenvalue weighted by molar-refractivity contribution is 6.31. The standard InChI is InChI=1S/C14H14ClNO3/c15-10-6-2-1-5-9(10)12-13(16(18)19)14(12)8-4-3-7-11(14)17/h1-2,5-6,12-13H,3-4,7-8H2/t12-,13-,14-/m1/s1. The average Bonchev–Trinajstić information content (AvgIpc) is 3.03. The van der Waals surface area contributed by atoms with E-state index in [0.717, 1.165) is 18.4 Å². The fourth-order valence-electron chi connectivity index (χ4n) is 3.62. The van der Waals surface area contributed by atoms with Crippen molar-refractivity contribution in [2.24, 2.45) is 5.41 Å². The zero-order valence-electron chi connectivity index (χ0n) is 10.3. The second kappa shape index (κ2) is 4.30. The third kappa shape index (κ3) is 1.70. The Bertz CT molecular complexity index is 559. The first kappa shape index (κ1) is 12.6. The number of hydrogen-bond acceptors (Lipinski definition) is 3. The molecular formula is C14H14ClNO3. The number of nitro groups is 1. The van der Waals surface area contributed by atoms with Crippen molar-refractivity contribution in [2.75, 3.05) is 0 Å². The minimum atomic E-state index is -0.791. The Balaban J connectivity index is 2.04. The van der Waals surface area contributed by atoms with Crippen molar-refractivity contribution in [3.63, 3.8) is 0 Å². The van der Waals surface area contributed by atoms with E-state index in [0.29, 0.717) is 17.9 Å². The van der Waals surface area contributed by atoms with Crippen LogP contribution in [0.3, 0.4) is 0 Å². The zero-order valence-corrected chi connectivity index (χ0v) is 11.1. The maximum atomic E-state index is 12.2. The van der Waals surface area contributed by atoms with Gasteiger partial charge >= 0.3 is 0 Å². The second-order valence-electron chi connectivity index (χ2n) is 5.40. The summed E-state index contributed by atoms with van der Waals surface area (Å²) in [6.45, 7) is 0. The van der Waals surface area contributed by atoms with Crippen LogP contribution in [0.15, 0.2) is 24.3 Å². The van der Waals surface area contributed by atoms with Crippen molar-refractivity contribution in [3.8, 4) is 0 Å². The fraction of sp³-hybridized carbons (Fsp3) is 0.500. The number of halogens is 1. The summed E-state index contributed by atoms with van der Waals surface area (Å²) in [5, 5.41) is 11.8. The Labute approximate surface area is 115 Å². The summed E-state index contributed by atoms with van der Waals surface area (Å²) >= 11 is 6.15. The predicted octanol–water partition coefficient (Wildman–Crippen LogP) is 3.21. The molecule has 0 radical (unpaired) electrons. The molecule has 4 nitrogen and oxygen atoms in total. The Kier molecular flexibility index (Phi) is 2.86. The van der Waals surface area contributed by atoms with Gasteiger partial charge in [0.15, 0.2) is 0 Å². The van der Waals surface area contributed by atoms with Crippen LogP contribution in [0, 0.1) is 15.5 Å². The van der Waals surface area contributed by atoms with Crippen LogP contribution in [0.5, 0.6) is 0 Å². The van der Waals surface area contributed by atoms with Gasteiger partial charge in [0.05, 0.1) is 5.92 Å². The quantitative estimate of drug-likeness (QED) is 0.617. The monoisotopic (exact) mass is 279 g/mol. The summed E-state index contributed by atoms with van der Waals surface area (Å²) in [7, 11) is 0. The number of ketones is 1. The summed E-state index contributed by atoms with van der Waals surface area (Å²) in [5.41, 5.74) is -0.0339. The van der Waals surface area contributed by atoms with Gasteiger partial charge in [0, 0.05) is 16.4 Å². The van der Waals surface area contributed by atoms with Crippen LogP contribution >= 0.6 is 11.6 Å². The highest BCUT2D eigenvalue weighted by Gasteiger charge is 2.77. The molecule has 1 aromatic carbocycles. The normalized spacial score (nSPS) is 33.4. The molecule has 5 heteroatoms. The van der Waals surface area contributed by atoms with Gasteiger partial charge in [-0.25, -0.2) is 0 Å². The maximum absolute atomic E-state index is 12.2. The minimum absolute atomic E-state index is 0.0466. The van der Waals surface area contributed by atoms with Gasteiger partial charge in [0.25, 0.3) is 0 Å². The van der Waals surface area contributed by atoms with Gasteiger partial charge in [-0.1, -0.05) is 36.2 Å². The molecule has 2 saturated carbocycles. The van der Waals surface area contributed by atoms with Gasteiger partial charge in [-0.15, -0.1) is 0 Å². The van der Waals surface area contributed by atoms with Crippen LogP contribution in [-0.4, -0.2) is 16.7 Å². The van der Waals surface area contributed by atoms with Gasteiger partial charge in [0.1, 0.15) is 11.2 Å². The Morgan fingerprint density at radius 1 is 1.32 bits per heavy atom. The molecule has 0 amide bonds. The second-order valence-corrected chi connectivity index (χ2v) is 5.81. The largest absolute Gasteiger partial charge is 0.299 e. The third-order valence-electron chi connectivity index (χ3n) is 4.52. The average molecular weight is 280 g/mol. The van der Waals surface area contributed by atoms with E-state index in [9.17, 15) is 14.9 Å². The van der Waals surface area contributed by atoms with Crippen molar-refractivity contribution in [1.82, 2.24) is 0 Å². The van der Waals surface area contributed by atoms with Gasteiger partial charge < -0.3 is 0 Å². The molecule has 0 aliphatic heterocycles. The number of benzene rings is 1. The van der Waals surface area contributed by atoms with Crippen molar-refractivity contribution >= 4 is 17.4 Å². The molecule has 0 bridgehead atoms. The van der Waals surface area contributed by atoms with Crippen LogP contribution < -0.4 is 0 Å². The summed E-state index contributed by atoms with van der Waals surface area (Å²) in [5.74, 6) is -0.297. The van der Waals surface area contributed by atoms with Crippen molar-refractivity contribution in [3.05, 3.63) is 45.0 Å². The molecule has 0 aromatic heterocycles. The summed E-state index contributed by atoms with van der Waals surface area (Å²) in [6, 6.07) is 6.36. The first-order valence-electron chi connectivity index (χ1n) is 6.50. The molecule has 100 valence electrons. The third-order valence-corrected chi connectivity index (χ3v) is 4.86. The number of Topliss-reactive ketones (excluding diaryl/α,β-unsaturated/α-hetero) is 1. The van der Waals surface area contributed by atoms with Crippen molar-refractivity contribution in [1.29, 1.82) is 0 Å². The predicted molar refractivity (Wildman–Crippen MR) is 70.9 cm³/mol. The maximum Gasteiger partial charge on any atom is 0.234 e. The molecule has 1 spiro atoms. The van der Waals surface area contributed by atoms with E-state index in [-0.39, 0.29) is 16.6 Å². The number of carbonyl (C=O) groups is 1. The van der Waals surface area contributed by atoms with Gasteiger partial charge in [-0.2, -0.15) is 0 Å².